The molecular weight excluding hydrogens is 825 g/mol. The molecule has 5 aliphatic rings. The zero-order chi connectivity index (χ0) is 44.1. The molecule has 64 heavy (non-hydrogen) atoms. The molecule has 15 nitrogen and oxygen atoms in total. The molecule has 5 aromatic rings. The van der Waals surface area contributed by atoms with Gasteiger partial charge >= 0.3 is 0 Å². The number of anilines is 4. The molecule has 0 bridgehead atoms. The topological polar surface area (TPSA) is 172 Å². The van der Waals surface area contributed by atoms with E-state index in [1.807, 2.05) is 36.4 Å². The van der Waals surface area contributed by atoms with Gasteiger partial charge in [-0.15, -0.1) is 0 Å². The van der Waals surface area contributed by atoms with Crippen molar-refractivity contribution in [3.8, 4) is 0 Å². The summed E-state index contributed by atoms with van der Waals surface area (Å²) in [5.41, 5.74) is 5.67. The van der Waals surface area contributed by atoms with Crippen LogP contribution in [0.15, 0.2) is 72.8 Å². The number of imide groups is 2. The third kappa shape index (κ3) is 8.28. The van der Waals surface area contributed by atoms with Crippen molar-refractivity contribution in [2.75, 3.05) is 79.5 Å². The van der Waals surface area contributed by atoms with Gasteiger partial charge in [-0.2, -0.15) is 5.10 Å². The maximum atomic E-state index is 14.0. The zero-order valence-corrected chi connectivity index (χ0v) is 35.0. The molecule has 4 aromatic carbocycles. The van der Waals surface area contributed by atoms with Crippen LogP contribution in [0.5, 0.6) is 0 Å². The molecule has 10 rings (SSSR count). The molecule has 5 aliphatic heterocycles. The van der Waals surface area contributed by atoms with E-state index in [1.165, 1.54) is 12.1 Å². The normalized spacial score (nSPS) is 19.8. The lowest BCUT2D eigenvalue weighted by molar-refractivity contribution is -0.136. The number of carbonyl (C=O) groups is 5. The van der Waals surface area contributed by atoms with E-state index >= 15 is 0 Å². The van der Waals surface area contributed by atoms with Gasteiger partial charge in [-0.05, 0) is 97.5 Å². The number of halogens is 2. The first kappa shape index (κ1) is 41.3. The summed E-state index contributed by atoms with van der Waals surface area (Å²) in [6, 6.07) is 19.3. The second-order valence-electron chi connectivity index (χ2n) is 17.4. The minimum Gasteiger partial charge on any atom is -0.381 e. The SMILES string of the molecule is O=C1CC[C@@H](N2C(=O)c3ccc(N4CC(CN5CCN(c6ccc(C(=O)Nc7n[nH]c8ccc(Cc9cc(F)cc(F)c9)cc78)c(NC7CCOCC7)c6)CC5)C4)cc3C2=O)C(=O)N1. The van der Waals surface area contributed by atoms with E-state index in [0.717, 1.165) is 92.2 Å². The van der Waals surface area contributed by atoms with Gasteiger partial charge in [-0.25, -0.2) is 8.78 Å². The number of hydrogen-bond donors (Lipinski definition) is 4. The predicted molar refractivity (Wildman–Crippen MR) is 235 cm³/mol. The van der Waals surface area contributed by atoms with Crippen molar-refractivity contribution in [3.63, 3.8) is 0 Å². The van der Waals surface area contributed by atoms with Crippen LogP contribution in [-0.4, -0.2) is 121 Å². The summed E-state index contributed by atoms with van der Waals surface area (Å²) in [6.45, 7) is 7.21. The summed E-state index contributed by atoms with van der Waals surface area (Å²) < 4.78 is 33.4. The molecule has 0 spiro atoms. The Bertz CT molecular complexity index is 2670. The van der Waals surface area contributed by atoms with Gasteiger partial charge in [0.25, 0.3) is 17.7 Å². The molecular formula is C47H47F2N9O6. The number of nitrogens with one attached hydrogen (secondary N) is 4. The van der Waals surface area contributed by atoms with Crippen LogP contribution < -0.4 is 25.8 Å². The highest BCUT2D eigenvalue weighted by atomic mass is 19.1. The van der Waals surface area contributed by atoms with Gasteiger partial charge in [0.2, 0.25) is 11.8 Å². The Balaban J connectivity index is 0.765. The van der Waals surface area contributed by atoms with Crippen molar-refractivity contribution in [2.24, 2.45) is 5.92 Å². The van der Waals surface area contributed by atoms with Gasteiger partial charge in [0.05, 0.1) is 22.2 Å². The Morgan fingerprint density at radius 2 is 1.52 bits per heavy atom. The summed E-state index contributed by atoms with van der Waals surface area (Å²) in [6.07, 6.45) is 2.13. The zero-order valence-electron chi connectivity index (χ0n) is 35.0. The molecule has 0 aliphatic carbocycles. The number of rotatable bonds is 11. The van der Waals surface area contributed by atoms with Gasteiger partial charge in [0, 0.05) is 106 Å². The Morgan fingerprint density at radius 1 is 0.781 bits per heavy atom. The lowest BCUT2D eigenvalue weighted by Crippen LogP contribution is -2.55. The molecule has 1 atom stereocenters. The van der Waals surface area contributed by atoms with Crippen molar-refractivity contribution in [3.05, 3.63) is 112 Å². The monoisotopic (exact) mass is 871 g/mol. The number of aromatic nitrogens is 2. The van der Waals surface area contributed by atoms with E-state index in [1.54, 1.807) is 12.1 Å². The highest BCUT2D eigenvalue weighted by Gasteiger charge is 2.45. The molecule has 5 amide bonds. The van der Waals surface area contributed by atoms with Crippen LogP contribution in [0.3, 0.4) is 0 Å². The van der Waals surface area contributed by atoms with Crippen LogP contribution in [0, 0.1) is 17.6 Å². The summed E-state index contributed by atoms with van der Waals surface area (Å²) in [5.74, 6) is -2.84. The van der Waals surface area contributed by atoms with Crippen LogP contribution >= 0.6 is 0 Å². The molecule has 0 unspecified atom stereocenters. The van der Waals surface area contributed by atoms with Crippen LogP contribution in [0.1, 0.15) is 67.9 Å². The van der Waals surface area contributed by atoms with E-state index < -0.39 is 41.3 Å². The molecule has 4 N–H and O–H groups in total. The molecule has 330 valence electrons. The van der Waals surface area contributed by atoms with Crippen molar-refractivity contribution in [1.29, 1.82) is 0 Å². The fraction of sp³-hybridized carbons (Fsp3) is 0.362. The Morgan fingerprint density at radius 3 is 2.28 bits per heavy atom. The second kappa shape index (κ2) is 17.1. The molecule has 4 fully saturated rings. The van der Waals surface area contributed by atoms with E-state index in [9.17, 15) is 32.8 Å². The first-order chi connectivity index (χ1) is 31.0. The lowest BCUT2D eigenvalue weighted by atomic mass is 9.97. The number of fused-ring (bicyclic) bond motifs is 2. The van der Waals surface area contributed by atoms with Crippen LogP contribution in [0.4, 0.5) is 31.7 Å². The lowest BCUT2D eigenvalue weighted by Gasteiger charge is -2.45. The van der Waals surface area contributed by atoms with Crippen molar-refractivity contribution < 1.29 is 37.5 Å². The Kier molecular flexibility index (Phi) is 11.0. The standard InChI is InChI=1S/C47H47F2N9O6/c48-30-18-28(19-31(49)21-30)17-27-1-6-39-38(20-27)43(54-53-39)52-44(60)36-5-3-34(23-40(36)50-32-9-15-64-16-10-32)56-13-11-55(12-14-56)24-29-25-57(26-29)33-2-4-35-37(22-33)47(63)58(46(35)62)41-7-8-42(59)51-45(41)61/h1-6,18-23,29,32,41,50H,7-17,24-26H2,(H,51,59,61)(H2,52,53,54,60)/t41-/m1/s1. The summed E-state index contributed by atoms with van der Waals surface area (Å²) in [5, 5.41) is 16.9. The molecule has 0 saturated carbocycles. The smallest absolute Gasteiger partial charge is 0.262 e. The third-order valence-electron chi connectivity index (χ3n) is 13.0. The third-order valence-corrected chi connectivity index (χ3v) is 13.0. The molecule has 17 heteroatoms. The number of carbonyl (C=O) groups excluding carboxylic acids is 5. The Labute approximate surface area is 367 Å². The summed E-state index contributed by atoms with van der Waals surface area (Å²) >= 11 is 0. The first-order valence-electron chi connectivity index (χ1n) is 21.8. The average Bonchev–Trinajstić information content (AvgIpc) is 3.77. The largest absolute Gasteiger partial charge is 0.381 e. The average molecular weight is 872 g/mol. The van der Waals surface area contributed by atoms with Gasteiger partial charge in [0.15, 0.2) is 5.82 Å². The number of H-pyrrole nitrogens is 1. The molecule has 1 aromatic heterocycles. The fourth-order valence-corrected chi connectivity index (χ4v) is 9.60. The van der Waals surface area contributed by atoms with Crippen LogP contribution in [0.2, 0.25) is 0 Å². The van der Waals surface area contributed by atoms with E-state index in [4.69, 9.17) is 4.74 Å². The number of benzene rings is 4. The predicted octanol–water partition coefficient (Wildman–Crippen LogP) is 4.93. The maximum Gasteiger partial charge on any atom is 0.262 e. The molecule has 4 saturated heterocycles. The highest BCUT2D eigenvalue weighted by Crippen LogP contribution is 2.34. The summed E-state index contributed by atoms with van der Waals surface area (Å²) in [4.78, 5) is 72.7. The van der Waals surface area contributed by atoms with E-state index in [-0.39, 0.29) is 35.9 Å². The number of piperidine rings is 1. The number of hydrogen-bond acceptors (Lipinski definition) is 11. The van der Waals surface area contributed by atoms with Gasteiger partial charge in [0.1, 0.15) is 17.7 Å². The minimum absolute atomic E-state index is 0.0756. The van der Waals surface area contributed by atoms with E-state index in [2.05, 4.69) is 46.9 Å². The van der Waals surface area contributed by atoms with Gasteiger partial charge in [-0.1, -0.05) is 6.07 Å². The van der Waals surface area contributed by atoms with Gasteiger partial charge in [-0.3, -0.25) is 44.2 Å². The second-order valence-corrected chi connectivity index (χ2v) is 17.4. The number of aromatic amines is 1. The Hall–Kier alpha value is -6.72. The van der Waals surface area contributed by atoms with Gasteiger partial charge < -0.3 is 25.2 Å². The number of amides is 5. The van der Waals surface area contributed by atoms with Crippen molar-refractivity contribution in [1.82, 2.24) is 25.3 Å². The van der Waals surface area contributed by atoms with E-state index in [0.29, 0.717) is 53.4 Å². The molecule has 6 heterocycles. The number of piperazine rings is 1. The fourth-order valence-electron chi connectivity index (χ4n) is 9.60. The first-order valence-corrected chi connectivity index (χ1v) is 21.8. The van der Waals surface area contributed by atoms with Crippen LogP contribution in [-0.2, 0) is 20.7 Å². The van der Waals surface area contributed by atoms with Crippen LogP contribution in [0.25, 0.3) is 10.9 Å². The summed E-state index contributed by atoms with van der Waals surface area (Å²) in [7, 11) is 0. The maximum absolute atomic E-state index is 14.0. The highest BCUT2D eigenvalue weighted by molar-refractivity contribution is 6.23. The van der Waals surface area contributed by atoms with Crippen molar-refractivity contribution >= 4 is 63.3 Å². The minimum atomic E-state index is -0.993. The van der Waals surface area contributed by atoms with Crippen molar-refractivity contribution in [2.45, 2.75) is 44.2 Å². The quantitative estimate of drug-likeness (QED) is 0.133. The number of ether oxygens (including phenoxy) is 1. The molecule has 0 radical (unpaired) electrons. The number of nitrogens with zero attached hydrogens (tertiary/aromatic N) is 5.